The first kappa shape index (κ1) is 20.9. The van der Waals surface area contributed by atoms with Gasteiger partial charge in [0, 0.05) is 23.9 Å². The predicted octanol–water partition coefficient (Wildman–Crippen LogP) is 4.94. The molecule has 0 heterocycles. The van der Waals surface area contributed by atoms with Crippen molar-refractivity contribution >= 4 is 23.2 Å². The summed E-state index contributed by atoms with van der Waals surface area (Å²) in [5.41, 5.74) is -0.454. The molecule has 0 unspecified atom stereocenters. The third-order valence-electron chi connectivity index (χ3n) is 4.39. The van der Waals surface area contributed by atoms with E-state index >= 15 is 0 Å². The zero-order valence-electron chi connectivity index (χ0n) is 15.8. The number of hydrogen-bond acceptors (Lipinski definition) is 3. The van der Waals surface area contributed by atoms with E-state index in [1.54, 1.807) is 31.3 Å². The maximum atomic E-state index is 12.9. The van der Waals surface area contributed by atoms with E-state index in [1.807, 2.05) is 6.07 Å². The number of alkyl halides is 3. The number of carbonyl (C=O) groups excluding carboxylic acids is 2. The summed E-state index contributed by atoms with van der Waals surface area (Å²) < 4.78 is 38.6. The standard InChI is InChI=1S/C22H17F3N2O3/c1-27(17-8-3-2-4-9-17)21(30)15-7-5-6-14(12-15)20(29)26-18-13-16(22(23,24)25)10-11-19(18)28/h2-13,28H,1H3,(H,26,29). The van der Waals surface area contributed by atoms with Gasteiger partial charge in [0.25, 0.3) is 11.8 Å². The summed E-state index contributed by atoms with van der Waals surface area (Å²) in [6.07, 6.45) is -4.62. The van der Waals surface area contributed by atoms with Crippen LogP contribution in [0.5, 0.6) is 5.75 Å². The van der Waals surface area contributed by atoms with Gasteiger partial charge in [0.2, 0.25) is 0 Å². The summed E-state index contributed by atoms with van der Waals surface area (Å²) in [6.45, 7) is 0. The molecule has 0 radical (unpaired) electrons. The number of nitrogens with one attached hydrogen (secondary N) is 1. The van der Waals surface area contributed by atoms with E-state index in [9.17, 15) is 27.9 Å². The molecule has 0 aliphatic carbocycles. The first-order valence-corrected chi connectivity index (χ1v) is 8.81. The van der Waals surface area contributed by atoms with Crippen molar-refractivity contribution in [2.24, 2.45) is 0 Å². The molecule has 3 aromatic rings. The fourth-order valence-electron chi connectivity index (χ4n) is 2.76. The lowest BCUT2D eigenvalue weighted by Gasteiger charge is -2.17. The maximum absolute atomic E-state index is 12.9. The summed E-state index contributed by atoms with van der Waals surface area (Å²) in [5.74, 6) is -1.63. The van der Waals surface area contributed by atoms with Gasteiger partial charge in [-0.15, -0.1) is 0 Å². The first-order chi connectivity index (χ1) is 14.2. The number of aromatic hydroxyl groups is 1. The number of amides is 2. The Labute approximate surface area is 170 Å². The van der Waals surface area contributed by atoms with E-state index in [1.165, 1.54) is 29.2 Å². The van der Waals surface area contributed by atoms with Gasteiger partial charge >= 0.3 is 6.18 Å². The van der Waals surface area contributed by atoms with Crippen LogP contribution in [0, 0.1) is 0 Å². The third kappa shape index (κ3) is 4.60. The van der Waals surface area contributed by atoms with Crippen molar-refractivity contribution in [2.75, 3.05) is 17.3 Å². The lowest BCUT2D eigenvalue weighted by Crippen LogP contribution is -2.26. The Morgan fingerprint density at radius 2 is 1.57 bits per heavy atom. The minimum atomic E-state index is -4.62. The molecular formula is C22H17F3N2O3. The number of hydrogen-bond donors (Lipinski definition) is 2. The minimum Gasteiger partial charge on any atom is -0.506 e. The van der Waals surface area contributed by atoms with Crippen molar-refractivity contribution in [1.29, 1.82) is 0 Å². The Morgan fingerprint density at radius 3 is 2.23 bits per heavy atom. The number of carbonyl (C=O) groups is 2. The highest BCUT2D eigenvalue weighted by Crippen LogP contribution is 2.34. The van der Waals surface area contributed by atoms with E-state index < -0.39 is 23.4 Å². The van der Waals surface area contributed by atoms with Crippen LogP contribution in [0.4, 0.5) is 24.5 Å². The number of halogens is 3. The summed E-state index contributed by atoms with van der Waals surface area (Å²) in [5, 5.41) is 12.0. The Bertz CT molecular complexity index is 1080. The molecule has 3 aromatic carbocycles. The number of nitrogens with zero attached hydrogens (tertiary/aromatic N) is 1. The molecule has 3 rings (SSSR count). The van der Waals surface area contributed by atoms with Crippen LogP contribution >= 0.6 is 0 Å². The zero-order valence-corrected chi connectivity index (χ0v) is 15.8. The summed E-state index contributed by atoms with van der Waals surface area (Å²) >= 11 is 0. The van der Waals surface area contributed by atoms with Gasteiger partial charge in [0.1, 0.15) is 5.75 Å². The van der Waals surface area contributed by atoms with Crippen molar-refractivity contribution in [3.05, 3.63) is 89.5 Å². The number of anilines is 2. The third-order valence-corrected chi connectivity index (χ3v) is 4.39. The molecule has 0 spiro atoms. The van der Waals surface area contributed by atoms with Crippen molar-refractivity contribution in [2.45, 2.75) is 6.18 Å². The van der Waals surface area contributed by atoms with Gasteiger partial charge in [-0.3, -0.25) is 9.59 Å². The molecule has 2 N–H and O–H groups in total. The summed E-state index contributed by atoms with van der Waals surface area (Å²) in [4.78, 5) is 26.6. The average molecular weight is 414 g/mol. The topological polar surface area (TPSA) is 69.6 Å². The number of benzene rings is 3. The minimum absolute atomic E-state index is 0.0547. The summed E-state index contributed by atoms with van der Waals surface area (Å²) in [6, 6.07) is 16.9. The molecule has 2 amide bonds. The molecule has 0 aromatic heterocycles. The van der Waals surface area contributed by atoms with Crippen LogP contribution in [-0.2, 0) is 6.18 Å². The molecule has 5 nitrogen and oxygen atoms in total. The smallest absolute Gasteiger partial charge is 0.416 e. The van der Waals surface area contributed by atoms with E-state index in [-0.39, 0.29) is 22.7 Å². The van der Waals surface area contributed by atoms with Crippen LogP contribution in [0.1, 0.15) is 26.3 Å². The molecule has 0 aliphatic heterocycles. The molecule has 0 saturated heterocycles. The van der Waals surface area contributed by atoms with Crippen LogP contribution in [0.15, 0.2) is 72.8 Å². The van der Waals surface area contributed by atoms with Crippen molar-refractivity contribution in [1.82, 2.24) is 0 Å². The van der Waals surface area contributed by atoms with E-state index in [2.05, 4.69) is 5.32 Å². The molecule has 0 bridgehead atoms. The van der Waals surface area contributed by atoms with Gasteiger partial charge in [-0.05, 0) is 48.5 Å². The fourth-order valence-corrected chi connectivity index (χ4v) is 2.76. The van der Waals surface area contributed by atoms with Gasteiger partial charge in [-0.2, -0.15) is 13.2 Å². The SMILES string of the molecule is CN(C(=O)c1cccc(C(=O)Nc2cc(C(F)(F)F)ccc2O)c1)c1ccccc1. The molecule has 0 aliphatic rings. The van der Waals surface area contributed by atoms with Crippen LogP contribution < -0.4 is 10.2 Å². The molecule has 30 heavy (non-hydrogen) atoms. The molecule has 0 saturated carbocycles. The Hall–Kier alpha value is -3.81. The van der Waals surface area contributed by atoms with Crippen molar-refractivity contribution in [3.63, 3.8) is 0 Å². The first-order valence-electron chi connectivity index (χ1n) is 8.81. The number of phenolic OH excluding ortho intramolecular Hbond substituents is 1. The van der Waals surface area contributed by atoms with Crippen molar-refractivity contribution in [3.8, 4) is 5.75 Å². The normalized spacial score (nSPS) is 11.1. The van der Waals surface area contributed by atoms with E-state index in [4.69, 9.17) is 0 Å². The fraction of sp³-hybridized carbons (Fsp3) is 0.0909. The van der Waals surface area contributed by atoms with Crippen LogP contribution in [0.25, 0.3) is 0 Å². The van der Waals surface area contributed by atoms with E-state index in [0.717, 1.165) is 6.07 Å². The summed E-state index contributed by atoms with van der Waals surface area (Å²) in [7, 11) is 1.59. The zero-order chi connectivity index (χ0) is 21.9. The Morgan fingerprint density at radius 1 is 0.900 bits per heavy atom. The molecular weight excluding hydrogens is 397 g/mol. The largest absolute Gasteiger partial charge is 0.506 e. The van der Waals surface area contributed by atoms with Gasteiger partial charge < -0.3 is 15.3 Å². The van der Waals surface area contributed by atoms with Gasteiger partial charge in [-0.25, -0.2) is 0 Å². The second-order valence-corrected chi connectivity index (χ2v) is 6.46. The average Bonchev–Trinajstić information content (AvgIpc) is 2.74. The van der Waals surface area contributed by atoms with Crippen LogP contribution in [0.2, 0.25) is 0 Å². The molecule has 0 atom stereocenters. The Balaban J connectivity index is 1.83. The monoisotopic (exact) mass is 414 g/mol. The van der Waals surface area contributed by atoms with Crippen LogP contribution in [-0.4, -0.2) is 24.0 Å². The number of rotatable bonds is 4. The van der Waals surface area contributed by atoms with Crippen LogP contribution in [0.3, 0.4) is 0 Å². The predicted molar refractivity (Wildman–Crippen MR) is 107 cm³/mol. The lowest BCUT2D eigenvalue weighted by atomic mass is 10.1. The van der Waals surface area contributed by atoms with Gasteiger partial charge in [-0.1, -0.05) is 24.3 Å². The van der Waals surface area contributed by atoms with Crippen molar-refractivity contribution < 1.29 is 27.9 Å². The van der Waals surface area contributed by atoms with Gasteiger partial charge in [0.05, 0.1) is 11.3 Å². The highest BCUT2D eigenvalue weighted by molar-refractivity contribution is 6.09. The number of phenols is 1. The van der Waals surface area contributed by atoms with E-state index in [0.29, 0.717) is 17.8 Å². The lowest BCUT2D eigenvalue weighted by molar-refractivity contribution is -0.137. The quantitative estimate of drug-likeness (QED) is 0.594. The Kier molecular flexibility index (Phi) is 5.77. The second kappa shape index (κ2) is 8.28. The highest BCUT2D eigenvalue weighted by atomic mass is 19.4. The maximum Gasteiger partial charge on any atom is 0.416 e. The molecule has 154 valence electrons. The number of para-hydroxylation sites is 1. The second-order valence-electron chi connectivity index (χ2n) is 6.46. The van der Waals surface area contributed by atoms with Gasteiger partial charge in [0.15, 0.2) is 0 Å². The molecule has 0 fully saturated rings. The molecule has 8 heteroatoms. The highest BCUT2D eigenvalue weighted by Gasteiger charge is 2.31.